The van der Waals surface area contributed by atoms with Crippen LogP contribution in [0.2, 0.25) is 0 Å². The Morgan fingerprint density at radius 2 is 1.66 bits per heavy atom. The summed E-state index contributed by atoms with van der Waals surface area (Å²) in [5, 5.41) is 8.91. The third kappa shape index (κ3) is 5.70. The molecular formula is C25H22F4N2O4. The van der Waals surface area contributed by atoms with Gasteiger partial charge in [0.15, 0.2) is 0 Å². The third-order valence-corrected chi connectivity index (χ3v) is 6.26. The number of hydrogen-bond acceptors (Lipinski definition) is 3. The summed E-state index contributed by atoms with van der Waals surface area (Å²) in [5.41, 5.74) is 1.43. The number of carbonyl (C=O) groups is 3. The molecule has 1 saturated carbocycles. The topological polar surface area (TPSA) is 77.9 Å². The molecule has 184 valence electrons. The third-order valence-electron chi connectivity index (χ3n) is 6.26. The summed E-state index contributed by atoms with van der Waals surface area (Å²) in [6.07, 6.45) is -1.80. The molecule has 2 aromatic carbocycles. The van der Waals surface area contributed by atoms with E-state index in [2.05, 4.69) is 0 Å². The fourth-order valence-corrected chi connectivity index (χ4v) is 4.28. The van der Waals surface area contributed by atoms with Gasteiger partial charge in [-0.05, 0) is 47.9 Å². The van der Waals surface area contributed by atoms with Gasteiger partial charge in [0.1, 0.15) is 5.82 Å². The number of carboxylic acid groups (broad SMARTS) is 1. The van der Waals surface area contributed by atoms with Gasteiger partial charge < -0.3 is 14.9 Å². The van der Waals surface area contributed by atoms with E-state index in [-0.39, 0.29) is 42.9 Å². The monoisotopic (exact) mass is 490 g/mol. The second-order valence-corrected chi connectivity index (χ2v) is 8.79. The van der Waals surface area contributed by atoms with E-state index in [0.717, 1.165) is 4.90 Å². The van der Waals surface area contributed by atoms with Crippen molar-refractivity contribution in [3.05, 3.63) is 77.1 Å². The minimum Gasteiger partial charge on any atom is -0.478 e. The van der Waals surface area contributed by atoms with Crippen LogP contribution in [-0.4, -0.2) is 64.5 Å². The first-order valence-electron chi connectivity index (χ1n) is 11.0. The van der Waals surface area contributed by atoms with Crippen LogP contribution in [0.25, 0.3) is 6.08 Å². The number of amides is 2. The second kappa shape index (κ2) is 9.52. The van der Waals surface area contributed by atoms with Gasteiger partial charge in [-0.1, -0.05) is 24.3 Å². The molecule has 2 unspecified atom stereocenters. The summed E-state index contributed by atoms with van der Waals surface area (Å²) in [5.74, 6) is -4.30. The Morgan fingerprint density at radius 3 is 2.23 bits per heavy atom. The van der Waals surface area contributed by atoms with Crippen molar-refractivity contribution < 1.29 is 37.1 Å². The van der Waals surface area contributed by atoms with Gasteiger partial charge in [0, 0.05) is 43.6 Å². The number of halogens is 4. The Morgan fingerprint density at radius 1 is 1.03 bits per heavy atom. The van der Waals surface area contributed by atoms with E-state index in [1.807, 2.05) is 0 Å². The highest BCUT2D eigenvalue weighted by molar-refractivity contribution is 5.93. The molecule has 1 saturated heterocycles. The molecule has 35 heavy (non-hydrogen) atoms. The van der Waals surface area contributed by atoms with Crippen LogP contribution in [0.4, 0.5) is 17.6 Å². The number of carboxylic acids is 1. The summed E-state index contributed by atoms with van der Waals surface area (Å²) in [6, 6.07) is 10.8. The molecule has 0 spiro atoms. The van der Waals surface area contributed by atoms with Crippen LogP contribution in [0.1, 0.15) is 33.8 Å². The molecule has 2 aromatic rings. The Labute approximate surface area is 198 Å². The number of carbonyl (C=O) groups excluding carboxylic acids is 2. The number of nitrogens with zero attached hydrogens (tertiary/aromatic N) is 2. The van der Waals surface area contributed by atoms with Crippen LogP contribution in [0.15, 0.2) is 54.6 Å². The maximum atomic E-state index is 13.2. The predicted octanol–water partition coefficient (Wildman–Crippen LogP) is 3.94. The summed E-state index contributed by atoms with van der Waals surface area (Å²) >= 11 is 0. The number of rotatable bonds is 7. The summed E-state index contributed by atoms with van der Waals surface area (Å²) in [6.45, 7) is 0.318. The van der Waals surface area contributed by atoms with Crippen molar-refractivity contribution in [3.63, 3.8) is 0 Å². The van der Waals surface area contributed by atoms with Crippen molar-refractivity contribution in [3.8, 4) is 0 Å². The molecule has 6 nitrogen and oxygen atoms in total. The lowest BCUT2D eigenvalue weighted by molar-refractivity contribution is -0.187. The lowest BCUT2D eigenvalue weighted by atomic mass is 9.98. The van der Waals surface area contributed by atoms with Crippen LogP contribution in [0.3, 0.4) is 0 Å². The maximum Gasteiger partial charge on any atom is 0.471 e. The SMILES string of the molecule is O=C(O)c1ccc(C=CC(=O)N2CC(CN(C(=O)C(F)(F)F)C3CC3c3ccc(F)cc3)C2)cc1. The van der Waals surface area contributed by atoms with Gasteiger partial charge >= 0.3 is 18.1 Å². The Hall–Kier alpha value is -3.69. The van der Waals surface area contributed by atoms with Crippen molar-refractivity contribution in [2.24, 2.45) is 5.92 Å². The van der Waals surface area contributed by atoms with Gasteiger partial charge in [-0.15, -0.1) is 0 Å². The lowest BCUT2D eigenvalue weighted by Crippen LogP contribution is -2.56. The number of hydrogen-bond donors (Lipinski definition) is 1. The zero-order chi connectivity index (χ0) is 25.3. The second-order valence-electron chi connectivity index (χ2n) is 8.79. The molecule has 1 N–H and O–H groups in total. The van der Waals surface area contributed by atoms with E-state index >= 15 is 0 Å². The number of likely N-dealkylation sites (tertiary alicyclic amines) is 1. The molecule has 1 aliphatic carbocycles. The first-order valence-corrected chi connectivity index (χ1v) is 11.0. The van der Waals surface area contributed by atoms with Crippen LogP contribution in [-0.2, 0) is 9.59 Å². The molecule has 10 heteroatoms. The molecule has 2 atom stereocenters. The summed E-state index contributed by atoms with van der Waals surface area (Å²) in [4.78, 5) is 37.7. The van der Waals surface area contributed by atoms with Gasteiger partial charge in [-0.25, -0.2) is 9.18 Å². The number of aromatic carboxylic acids is 1. The fraction of sp³-hybridized carbons (Fsp3) is 0.320. The van der Waals surface area contributed by atoms with Crippen molar-refractivity contribution in [2.45, 2.75) is 24.6 Å². The van der Waals surface area contributed by atoms with E-state index in [0.29, 0.717) is 17.5 Å². The average molecular weight is 490 g/mol. The Balaban J connectivity index is 1.34. The molecule has 0 bridgehead atoms. The van der Waals surface area contributed by atoms with E-state index in [4.69, 9.17) is 5.11 Å². The number of alkyl halides is 3. The highest BCUT2D eigenvalue weighted by atomic mass is 19.4. The van der Waals surface area contributed by atoms with Crippen molar-refractivity contribution in [1.82, 2.24) is 9.80 Å². The molecule has 2 amide bonds. The first kappa shape index (κ1) is 24.4. The normalized spacial score (nSPS) is 19.9. The molecule has 0 aromatic heterocycles. The molecule has 4 rings (SSSR count). The van der Waals surface area contributed by atoms with Crippen molar-refractivity contribution >= 4 is 23.9 Å². The smallest absolute Gasteiger partial charge is 0.471 e. The van der Waals surface area contributed by atoms with E-state index < -0.39 is 29.9 Å². The van der Waals surface area contributed by atoms with Crippen LogP contribution >= 0.6 is 0 Å². The lowest BCUT2D eigenvalue weighted by Gasteiger charge is -2.41. The average Bonchev–Trinajstić information content (AvgIpc) is 3.57. The predicted molar refractivity (Wildman–Crippen MR) is 118 cm³/mol. The van der Waals surface area contributed by atoms with Gasteiger partial charge in [0.05, 0.1) is 5.56 Å². The summed E-state index contributed by atoms with van der Waals surface area (Å²) in [7, 11) is 0. The van der Waals surface area contributed by atoms with Crippen LogP contribution in [0.5, 0.6) is 0 Å². The van der Waals surface area contributed by atoms with Crippen molar-refractivity contribution in [2.75, 3.05) is 19.6 Å². The highest BCUT2D eigenvalue weighted by Gasteiger charge is 2.52. The van der Waals surface area contributed by atoms with Crippen LogP contribution in [0, 0.1) is 11.7 Å². The highest BCUT2D eigenvalue weighted by Crippen LogP contribution is 2.46. The van der Waals surface area contributed by atoms with Gasteiger partial charge in [-0.3, -0.25) is 9.59 Å². The van der Waals surface area contributed by atoms with E-state index in [9.17, 15) is 31.9 Å². The zero-order valence-corrected chi connectivity index (χ0v) is 18.4. The Bertz CT molecular complexity index is 1140. The van der Waals surface area contributed by atoms with E-state index in [1.54, 1.807) is 12.1 Å². The minimum absolute atomic E-state index is 0.120. The Kier molecular flexibility index (Phi) is 6.64. The van der Waals surface area contributed by atoms with Gasteiger partial charge in [0.2, 0.25) is 5.91 Å². The fourth-order valence-electron chi connectivity index (χ4n) is 4.28. The van der Waals surface area contributed by atoms with Crippen LogP contribution < -0.4 is 0 Å². The minimum atomic E-state index is -5.01. The molecular weight excluding hydrogens is 468 g/mol. The first-order chi connectivity index (χ1) is 16.5. The molecule has 1 aliphatic heterocycles. The van der Waals surface area contributed by atoms with Gasteiger partial charge in [0.25, 0.3) is 0 Å². The molecule has 2 aliphatic rings. The maximum absolute atomic E-state index is 13.2. The quantitative estimate of drug-likeness (QED) is 0.471. The molecule has 1 heterocycles. The molecule has 0 radical (unpaired) electrons. The zero-order valence-electron chi connectivity index (χ0n) is 18.4. The van der Waals surface area contributed by atoms with Gasteiger partial charge in [-0.2, -0.15) is 13.2 Å². The van der Waals surface area contributed by atoms with Crippen molar-refractivity contribution in [1.29, 1.82) is 0 Å². The number of benzene rings is 2. The summed E-state index contributed by atoms with van der Waals surface area (Å²) < 4.78 is 52.9. The largest absolute Gasteiger partial charge is 0.478 e. The standard InChI is InChI=1S/C25H22F4N2O4/c26-19-8-6-17(7-9-19)20-11-21(20)31(24(35)25(27,28)29)14-16-12-30(13-16)22(32)10-3-15-1-4-18(5-2-15)23(33)34/h1-10,16,20-21H,11-14H2,(H,33,34). The van der Waals surface area contributed by atoms with E-state index in [1.165, 1.54) is 53.5 Å². The molecule has 2 fully saturated rings.